The van der Waals surface area contributed by atoms with E-state index in [1.165, 1.54) is 6.42 Å². The van der Waals surface area contributed by atoms with Gasteiger partial charge in [-0.25, -0.2) is 4.98 Å². The number of amides is 2. The molecule has 1 aromatic heterocycles. The van der Waals surface area contributed by atoms with Gasteiger partial charge in [-0.1, -0.05) is 50.1 Å². The van der Waals surface area contributed by atoms with Crippen LogP contribution in [0, 0.1) is 5.92 Å². The van der Waals surface area contributed by atoms with E-state index in [0.717, 1.165) is 41.6 Å². The summed E-state index contributed by atoms with van der Waals surface area (Å²) >= 11 is 0. The number of nitrogens with one attached hydrogen (secondary N) is 1. The molecule has 5 rings (SSSR count). The highest BCUT2D eigenvalue weighted by Gasteiger charge is 2.49. The summed E-state index contributed by atoms with van der Waals surface area (Å²) in [6, 6.07) is 15.6. The number of rotatable bonds is 6. The van der Waals surface area contributed by atoms with Crippen LogP contribution in [-0.2, 0) is 17.9 Å². The van der Waals surface area contributed by atoms with Gasteiger partial charge in [0.05, 0.1) is 30.7 Å². The van der Waals surface area contributed by atoms with Crippen molar-refractivity contribution in [3.05, 3.63) is 59.9 Å². The molecule has 0 saturated heterocycles. The van der Waals surface area contributed by atoms with E-state index in [0.29, 0.717) is 24.9 Å². The maximum absolute atomic E-state index is 14.0. The van der Waals surface area contributed by atoms with Crippen molar-refractivity contribution in [3.8, 4) is 5.75 Å². The normalized spacial score (nSPS) is 24.3. The lowest BCUT2D eigenvalue weighted by Gasteiger charge is -2.45. The van der Waals surface area contributed by atoms with Crippen LogP contribution in [-0.4, -0.2) is 44.5 Å². The van der Waals surface area contributed by atoms with E-state index in [1.54, 1.807) is 4.90 Å². The molecule has 0 spiro atoms. The zero-order valence-electron chi connectivity index (χ0n) is 20.8. The van der Waals surface area contributed by atoms with Gasteiger partial charge >= 0.3 is 0 Å². The molecule has 0 unspecified atom stereocenters. The molecule has 3 atom stereocenters. The van der Waals surface area contributed by atoms with Crippen molar-refractivity contribution in [3.63, 3.8) is 0 Å². The molecule has 35 heavy (non-hydrogen) atoms. The molecule has 1 fully saturated rings. The van der Waals surface area contributed by atoms with Crippen molar-refractivity contribution in [2.45, 2.75) is 71.1 Å². The van der Waals surface area contributed by atoms with Crippen LogP contribution in [0.15, 0.2) is 48.5 Å². The molecule has 7 nitrogen and oxygen atoms in total. The number of hydrogen-bond acceptors (Lipinski definition) is 4. The minimum Gasteiger partial charge on any atom is -0.494 e. The lowest BCUT2D eigenvalue weighted by atomic mass is 9.85. The molecule has 2 aromatic carbocycles. The summed E-state index contributed by atoms with van der Waals surface area (Å²) in [6.07, 6.45) is 4.41. The third kappa shape index (κ3) is 4.17. The van der Waals surface area contributed by atoms with Crippen molar-refractivity contribution in [2.75, 3.05) is 6.61 Å². The minimum atomic E-state index is -1.08. The highest BCUT2D eigenvalue weighted by molar-refractivity contribution is 6.01. The first-order valence-electron chi connectivity index (χ1n) is 12.7. The molecular formula is C28H34N4O3. The largest absolute Gasteiger partial charge is 0.494 e. The van der Waals surface area contributed by atoms with Gasteiger partial charge in [0, 0.05) is 11.6 Å². The topological polar surface area (TPSA) is 76.5 Å². The van der Waals surface area contributed by atoms with Crippen molar-refractivity contribution < 1.29 is 14.3 Å². The molecule has 184 valence electrons. The van der Waals surface area contributed by atoms with Gasteiger partial charge in [-0.3, -0.25) is 9.59 Å². The van der Waals surface area contributed by atoms with Crippen LogP contribution in [0.3, 0.4) is 0 Å². The molecule has 1 aliphatic carbocycles. The smallest absolute Gasteiger partial charge is 0.291 e. The molecule has 2 amide bonds. The van der Waals surface area contributed by atoms with E-state index >= 15 is 0 Å². The average molecular weight is 475 g/mol. The lowest BCUT2D eigenvalue weighted by Crippen LogP contribution is -2.65. The van der Waals surface area contributed by atoms with Gasteiger partial charge in [-0.15, -0.1) is 0 Å². The number of para-hydroxylation sites is 3. The quantitative estimate of drug-likeness (QED) is 0.569. The zero-order valence-corrected chi connectivity index (χ0v) is 20.8. The maximum Gasteiger partial charge on any atom is 0.291 e. The Kier molecular flexibility index (Phi) is 6.26. The summed E-state index contributed by atoms with van der Waals surface area (Å²) in [5.41, 5.74) is 1.42. The number of benzene rings is 2. The van der Waals surface area contributed by atoms with Gasteiger partial charge in [0.2, 0.25) is 5.91 Å². The fourth-order valence-corrected chi connectivity index (χ4v) is 5.53. The molecule has 1 N–H and O–H groups in total. The van der Waals surface area contributed by atoms with Gasteiger partial charge in [0.15, 0.2) is 5.82 Å². The number of hydrogen-bond donors (Lipinski definition) is 1. The average Bonchev–Trinajstić information content (AvgIpc) is 3.23. The second-order valence-electron chi connectivity index (χ2n) is 10.1. The standard InChI is InChI=1S/C28H34N4O3/c1-4-35-24-16-10-6-12-20(24)17-32-26(33)25-29-22-14-8-9-15-23(22)31(25)18-28(32,3)27(34)30-21-13-7-5-11-19(21)2/h6,8-10,12,14-16,19,21H,4-5,7,11,13,17-18H2,1-3H3,(H,30,34)/t19-,21+,28+/m0/s1. The Balaban J connectivity index is 1.56. The van der Waals surface area contributed by atoms with Gasteiger partial charge < -0.3 is 19.5 Å². The van der Waals surface area contributed by atoms with Crippen molar-refractivity contribution in [1.29, 1.82) is 0 Å². The number of aromatic nitrogens is 2. The van der Waals surface area contributed by atoms with Crippen LogP contribution < -0.4 is 10.1 Å². The van der Waals surface area contributed by atoms with Crippen molar-refractivity contribution >= 4 is 22.8 Å². The molecular weight excluding hydrogens is 440 g/mol. The van der Waals surface area contributed by atoms with E-state index < -0.39 is 5.54 Å². The number of carbonyl (C=O) groups excluding carboxylic acids is 2. The fraction of sp³-hybridized carbons (Fsp3) is 0.464. The Hall–Kier alpha value is -3.35. The number of imidazole rings is 1. The van der Waals surface area contributed by atoms with E-state index in [9.17, 15) is 9.59 Å². The van der Waals surface area contributed by atoms with Gasteiger partial charge in [-0.2, -0.15) is 0 Å². The summed E-state index contributed by atoms with van der Waals surface area (Å²) in [5.74, 6) is 1.17. The van der Waals surface area contributed by atoms with Gasteiger partial charge in [0.25, 0.3) is 5.91 Å². The second-order valence-corrected chi connectivity index (χ2v) is 10.1. The Morgan fingerprint density at radius 3 is 2.69 bits per heavy atom. The Bertz CT molecular complexity index is 1250. The molecule has 2 aliphatic rings. The molecule has 2 heterocycles. The number of carbonyl (C=O) groups is 2. The van der Waals surface area contributed by atoms with E-state index in [1.807, 2.05) is 66.9 Å². The fourth-order valence-electron chi connectivity index (χ4n) is 5.53. The van der Waals surface area contributed by atoms with E-state index in [-0.39, 0.29) is 24.4 Å². The highest BCUT2D eigenvalue weighted by atomic mass is 16.5. The van der Waals surface area contributed by atoms with Crippen LogP contribution in [0.4, 0.5) is 0 Å². The third-order valence-corrected chi connectivity index (χ3v) is 7.67. The second kappa shape index (κ2) is 9.36. The van der Waals surface area contributed by atoms with Crippen LogP contribution >= 0.6 is 0 Å². The molecule has 7 heteroatoms. The van der Waals surface area contributed by atoms with E-state index in [2.05, 4.69) is 17.2 Å². The first-order valence-corrected chi connectivity index (χ1v) is 12.7. The highest BCUT2D eigenvalue weighted by Crippen LogP contribution is 2.34. The molecule has 3 aromatic rings. The van der Waals surface area contributed by atoms with Gasteiger partial charge in [0.1, 0.15) is 11.3 Å². The Labute approximate surface area is 206 Å². The summed E-state index contributed by atoms with van der Waals surface area (Å²) < 4.78 is 7.75. The first kappa shape index (κ1) is 23.4. The number of ether oxygens (including phenoxy) is 1. The summed E-state index contributed by atoms with van der Waals surface area (Å²) in [5, 5.41) is 3.33. The van der Waals surface area contributed by atoms with Crippen LogP contribution in [0.1, 0.15) is 62.6 Å². The van der Waals surface area contributed by atoms with Crippen LogP contribution in [0.2, 0.25) is 0 Å². The van der Waals surface area contributed by atoms with Crippen molar-refractivity contribution in [2.24, 2.45) is 5.92 Å². The Morgan fingerprint density at radius 2 is 1.89 bits per heavy atom. The predicted octanol–water partition coefficient (Wildman–Crippen LogP) is 4.54. The third-order valence-electron chi connectivity index (χ3n) is 7.67. The first-order chi connectivity index (χ1) is 16.9. The SMILES string of the molecule is CCOc1ccccc1CN1C(=O)c2nc3ccccc3n2C[C@]1(C)C(=O)N[C@@H]1CCCC[C@@H]1C. The summed E-state index contributed by atoms with van der Waals surface area (Å²) in [4.78, 5) is 34.3. The summed E-state index contributed by atoms with van der Waals surface area (Å²) in [7, 11) is 0. The van der Waals surface area contributed by atoms with Crippen molar-refractivity contribution in [1.82, 2.24) is 19.8 Å². The lowest BCUT2D eigenvalue weighted by molar-refractivity contribution is -0.134. The zero-order chi connectivity index (χ0) is 24.6. The molecule has 1 aliphatic heterocycles. The number of nitrogens with zero attached hydrogens (tertiary/aromatic N) is 3. The number of fused-ring (bicyclic) bond motifs is 3. The molecule has 1 saturated carbocycles. The predicted molar refractivity (Wildman–Crippen MR) is 135 cm³/mol. The Morgan fingerprint density at radius 1 is 1.14 bits per heavy atom. The van der Waals surface area contributed by atoms with Crippen LogP contribution in [0.25, 0.3) is 11.0 Å². The van der Waals surface area contributed by atoms with Crippen LogP contribution in [0.5, 0.6) is 5.75 Å². The summed E-state index contributed by atoms with van der Waals surface area (Å²) in [6.45, 7) is 7.16. The van der Waals surface area contributed by atoms with Gasteiger partial charge in [-0.05, 0) is 50.8 Å². The van der Waals surface area contributed by atoms with E-state index in [4.69, 9.17) is 4.74 Å². The maximum atomic E-state index is 14.0. The monoisotopic (exact) mass is 474 g/mol. The molecule has 0 bridgehead atoms. The molecule has 0 radical (unpaired) electrons. The minimum absolute atomic E-state index is 0.109.